The Hall–Kier alpha value is -2.70. The van der Waals surface area contributed by atoms with Crippen LogP contribution in [0.5, 0.6) is 5.75 Å². The number of piperidine rings is 1. The average molecular weight is 454 g/mol. The molecule has 32 heavy (non-hydrogen) atoms. The second kappa shape index (κ2) is 8.34. The summed E-state index contributed by atoms with van der Waals surface area (Å²) in [7, 11) is 2.05. The van der Waals surface area contributed by atoms with Crippen LogP contribution in [0.15, 0.2) is 36.5 Å². The van der Waals surface area contributed by atoms with E-state index in [1.165, 1.54) is 6.07 Å². The number of nitrogens with zero attached hydrogens (tertiary/aromatic N) is 2. The van der Waals surface area contributed by atoms with Crippen molar-refractivity contribution in [3.05, 3.63) is 52.9 Å². The number of benzene rings is 2. The predicted octanol–water partition coefficient (Wildman–Crippen LogP) is 5.18. The molecule has 5 nitrogen and oxygen atoms in total. The van der Waals surface area contributed by atoms with Crippen molar-refractivity contribution in [2.45, 2.75) is 31.7 Å². The van der Waals surface area contributed by atoms with Gasteiger partial charge >= 0.3 is 0 Å². The molecule has 1 aromatic heterocycles. The Morgan fingerprint density at radius 3 is 2.59 bits per heavy atom. The number of phenols is 1. The molecule has 2 fully saturated rings. The van der Waals surface area contributed by atoms with Crippen molar-refractivity contribution < 1.29 is 14.3 Å². The van der Waals surface area contributed by atoms with Crippen LogP contribution in [-0.2, 0) is 0 Å². The number of ketones is 1. The third-order valence-electron chi connectivity index (χ3n) is 6.61. The van der Waals surface area contributed by atoms with Crippen molar-refractivity contribution in [3.8, 4) is 16.9 Å². The van der Waals surface area contributed by atoms with Gasteiger partial charge in [0.05, 0.1) is 21.8 Å². The van der Waals surface area contributed by atoms with Crippen LogP contribution in [0.25, 0.3) is 22.0 Å². The van der Waals surface area contributed by atoms with Gasteiger partial charge in [-0.1, -0.05) is 17.7 Å². The molecule has 0 spiro atoms. The highest BCUT2D eigenvalue weighted by Gasteiger charge is 2.34. The number of fused-ring (bicyclic) bond motifs is 1. The van der Waals surface area contributed by atoms with Gasteiger partial charge in [-0.05, 0) is 74.2 Å². The van der Waals surface area contributed by atoms with Crippen LogP contribution < -0.4 is 10.2 Å². The van der Waals surface area contributed by atoms with E-state index in [1.807, 2.05) is 18.2 Å². The summed E-state index contributed by atoms with van der Waals surface area (Å²) in [6, 6.07) is 8.82. The molecule has 2 heterocycles. The van der Waals surface area contributed by atoms with E-state index < -0.39 is 11.6 Å². The highest BCUT2D eigenvalue weighted by Crippen LogP contribution is 2.40. The normalized spacial score (nSPS) is 17.0. The Labute approximate surface area is 191 Å². The van der Waals surface area contributed by atoms with E-state index >= 15 is 0 Å². The summed E-state index contributed by atoms with van der Waals surface area (Å²) in [5.74, 6) is -1.08. The van der Waals surface area contributed by atoms with E-state index in [2.05, 4.69) is 22.2 Å². The standard InChI is InChI=1S/C25H25ClFN3O2/c1-30(17-6-8-28-9-7-17)23-18-10-15(16-11-20(26)25(32)21(27)12-16)4-5-22(18)29-13-19(23)24(31)14-2-3-14/h4-5,10-14,17,28,32H,2-3,6-9H2,1H3. The number of aromatic nitrogens is 1. The van der Waals surface area contributed by atoms with E-state index in [0.29, 0.717) is 17.2 Å². The lowest BCUT2D eigenvalue weighted by atomic mass is 9.96. The van der Waals surface area contributed by atoms with Crippen molar-refractivity contribution >= 4 is 34.0 Å². The third-order valence-corrected chi connectivity index (χ3v) is 6.90. The number of pyridine rings is 1. The number of aromatic hydroxyl groups is 1. The van der Waals surface area contributed by atoms with Crippen LogP contribution in [0.4, 0.5) is 10.1 Å². The van der Waals surface area contributed by atoms with E-state index in [4.69, 9.17) is 11.6 Å². The molecule has 1 aliphatic heterocycles. The Kier molecular flexibility index (Phi) is 5.51. The summed E-state index contributed by atoms with van der Waals surface area (Å²) in [4.78, 5) is 20.0. The van der Waals surface area contributed by atoms with E-state index in [-0.39, 0.29) is 16.7 Å². The van der Waals surface area contributed by atoms with Crippen LogP contribution in [-0.4, -0.2) is 42.1 Å². The molecule has 7 heteroatoms. The predicted molar refractivity (Wildman–Crippen MR) is 125 cm³/mol. The van der Waals surface area contributed by atoms with Gasteiger partial charge in [-0.3, -0.25) is 9.78 Å². The Morgan fingerprint density at radius 2 is 1.91 bits per heavy atom. The van der Waals surface area contributed by atoms with Crippen LogP contribution in [0.3, 0.4) is 0 Å². The van der Waals surface area contributed by atoms with Gasteiger partial charge in [-0.25, -0.2) is 4.39 Å². The van der Waals surface area contributed by atoms with Gasteiger partial charge in [0.2, 0.25) is 0 Å². The molecule has 0 radical (unpaired) electrons. The van der Waals surface area contributed by atoms with Gasteiger partial charge in [0.25, 0.3) is 0 Å². The topological polar surface area (TPSA) is 65.5 Å². The number of halogens is 2. The number of hydrogen-bond acceptors (Lipinski definition) is 5. The highest BCUT2D eigenvalue weighted by molar-refractivity contribution is 6.32. The first kappa shape index (κ1) is 21.2. The van der Waals surface area contributed by atoms with Gasteiger partial charge in [-0.2, -0.15) is 0 Å². The maximum Gasteiger partial charge on any atom is 0.170 e. The molecule has 2 aliphatic rings. The molecule has 5 rings (SSSR count). The van der Waals surface area contributed by atoms with Crippen molar-refractivity contribution in [2.24, 2.45) is 5.92 Å². The average Bonchev–Trinajstić information content (AvgIpc) is 3.66. The van der Waals surface area contributed by atoms with Gasteiger partial charge < -0.3 is 15.3 Å². The zero-order chi connectivity index (χ0) is 22.4. The van der Waals surface area contributed by atoms with E-state index in [0.717, 1.165) is 60.9 Å². The number of hydrogen-bond donors (Lipinski definition) is 2. The lowest BCUT2D eigenvalue weighted by molar-refractivity contribution is 0.0968. The highest BCUT2D eigenvalue weighted by atomic mass is 35.5. The van der Waals surface area contributed by atoms with Crippen molar-refractivity contribution in [1.29, 1.82) is 0 Å². The smallest absolute Gasteiger partial charge is 0.170 e. The lowest BCUT2D eigenvalue weighted by Gasteiger charge is -2.35. The molecule has 1 saturated heterocycles. The molecule has 0 unspecified atom stereocenters. The third kappa shape index (κ3) is 3.82. The van der Waals surface area contributed by atoms with Gasteiger partial charge in [0.15, 0.2) is 17.3 Å². The summed E-state index contributed by atoms with van der Waals surface area (Å²) in [5, 5.41) is 13.9. The van der Waals surface area contributed by atoms with E-state index in [1.54, 1.807) is 12.3 Å². The molecule has 1 saturated carbocycles. The van der Waals surface area contributed by atoms with E-state index in [9.17, 15) is 14.3 Å². The number of Topliss-reactive ketones (excluding diaryl/α,β-unsaturated/α-hetero) is 1. The number of carbonyl (C=O) groups is 1. The van der Waals surface area contributed by atoms with Gasteiger partial charge in [-0.15, -0.1) is 0 Å². The molecule has 3 aromatic rings. The van der Waals surface area contributed by atoms with Crippen LogP contribution in [0.2, 0.25) is 5.02 Å². The summed E-state index contributed by atoms with van der Waals surface area (Å²) in [6.07, 6.45) is 5.57. The molecule has 0 atom stereocenters. The Morgan fingerprint density at radius 1 is 1.16 bits per heavy atom. The number of anilines is 1. The first-order valence-electron chi connectivity index (χ1n) is 11.0. The molecule has 1 aliphatic carbocycles. The largest absolute Gasteiger partial charge is 0.504 e. The summed E-state index contributed by atoms with van der Waals surface area (Å²) >= 11 is 6.02. The maximum absolute atomic E-state index is 14.2. The first-order valence-corrected chi connectivity index (χ1v) is 11.4. The maximum atomic E-state index is 14.2. The number of rotatable bonds is 5. The minimum atomic E-state index is -0.768. The molecular formula is C25H25ClFN3O2. The van der Waals surface area contributed by atoms with Crippen molar-refractivity contribution in [2.75, 3.05) is 25.0 Å². The lowest BCUT2D eigenvalue weighted by Crippen LogP contribution is -2.41. The van der Waals surface area contributed by atoms with Crippen molar-refractivity contribution in [1.82, 2.24) is 10.3 Å². The molecular weight excluding hydrogens is 429 g/mol. The number of nitrogens with one attached hydrogen (secondary N) is 1. The molecule has 0 bridgehead atoms. The minimum Gasteiger partial charge on any atom is -0.504 e. The quantitative estimate of drug-likeness (QED) is 0.521. The van der Waals surface area contributed by atoms with Gasteiger partial charge in [0.1, 0.15) is 0 Å². The first-order chi connectivity index (χ1) is 15.4. The SMILES string of the molecule is CN(c1c(C(=O)C2CC2)cnc2ccc(-c3cc(F)c(O)c(Cl)c3)cc12)C1CCNCC1. The summed E-state index contributed by atoms with van der Waals surface area (Å²) < 4.78 is 14.2. The zero-order valence-electron chi connectivity index (χ0n) is 17.9. The second-order valence-electron chi connectivity index (χ2n) is 8.77. The summed E-state index contributed by atoms with van der Waals surface area (Å²) in [6.45, 7) is 1.89. The van der Waals surface area contributed by atoms with Crippen LogP contribution in [0, 0.1) is 11.7 Å². The van der Waals surface area contributed by atoms with Crippen molar-refractivity contribution in [3.63, 3.8) is 0 Å². The second-order valence-corrected chi connectivity index (χ2v) is 9.18. The Bertz CT molecular complexity index is 1180. The number of carbonyl (C=O) groups excluding carboxylic acids is 1. The molecule has 2 aromatic carbocycles. The molecule has 2 N–H and O–H groups in total. The summed E-state index contributed by atoms with van der Waals surface area (Å²) in [5.41, 5.74) is 3.64. The Balaban J connectivity index is 1.68. The minimum absolute atomic E-state index is 0.0390. The van der Waals surface area contributed by atoms with Crippen LogP contribution in [0.1, 0.15) is 36.0 Å². The monoisotopic (exact) mass is 453 g/mol. The molecule has 0 amide bonds. The fraction of sp³-hybridized carbons (Fsp3) is 0.360. The van der Waals surface area contributed by atoms with Crippen LogP contribution >= 0.6 is 11.6 Å². The molecule has 166 valence electrons. The fourth-order valence-corrected chi connectivity index (χ4v) is 4.80. The fourth-order valence-electron chi connectivity index (χ4n) is 4.59. The van der Waals surface area contributed by atoms with Gasteiger partial charge in [0, 0.05) is 30.6 Å². The number of phenolic OH excluding ortho intramolecular Hbond substituents is 1. The zero-order valence-corrected chi connectivity index (χ0v) is 18.6.